The van der Waals surface area contributed by atoms with Crippen LogP contribution in [0.3, 0.4) is 0 Å². The van der Waals surface area contributed by atoms with Crippen molar-refractivity contribution in [2.24, 2.45) is 5.73 Å². The number of aromatic nitrogens is 2. The van der Waals surface area contributed by atoms with Gasteiger partial charge in [-0.05, 0) is 32.4 Å². The first kappa shape index (κ1) is 10.2. The molecule has 0 spiro atoms. The van der Waals surface area contributed by atoms with E-state index >= 15 is 0 Å². The summed E-state index contributed by atoms with van der Waals surface area (Å²) in [6, 6.07) is 6.15. The van der Waals surface area contributed by atoms with Gasteiger partial charge in [0.2, 0.25) is 0 Å². The lowest BCUT2D eigenvalue weighted by Crippen LogP contribution is -2.34. The number of rotatable bonds is 2. The van der Waals surface area contributed by atoms with Gasteiger partial charge < -0.3 is 10.7 Å². The van der Waals surface area contributed by atoms with Crippen LogP contribution in [0.4, 0.5) is 0 Å². The van der Waals surface area contributed by atoms with Crippen molar-refractivity contribution in [3.05, 3.63) is 29.6 Å². The van der Waals surface area contributed by atoms with E-state index in [1.165, 1.54) is 5.56 Å². The fourth-order valence-electron chi connectivity index (χ4n) is 1.74. The number of aryl methyl sites for hydroxylation is 1. The van der Waals surface area contributed by atoms with E-state index in [0.717, 1.165) is 23.3 Å². The summed E-state index contributed by atoms with van der Waals surface area (Å²) in [7, 11) is 0. The summed E-state index contributed by atoms with van der Waals surface area (Å²) in [5.41, 5.74) is 9.09. The second-order valence-electron chi connectivity index (χ2n) is 4.82. The zero-order valence-corrected chi connectivity index (χ0v) is 9.46. The standard InChI is InChI=1S/C12H17N3/c1-8-5-4-6-9-11(8)15-10(14-9)7-12(2,3)13/h4-6H,7,13H2,1-3H3,(H,14,15). The van der Waals surface area contributed by atoms with Crippen LogP contribution in [0.5, 0.6) is 0 Å². The average Bonchev–Trinajstić information content (AvgIpc) is 2.45. The molecule has 80 valence electrons. The fraction of sp³-hybridized carbons (Fsp3) is 0.417. The number of benzene rings is 1. The van der Waals surface area contributed by atoms with Gasteiger partial charge in [-0.2, -0.15) is 0 Å². The van der Waals surface area contributed by atoms with Crippen LogP contribution in [-0.4, -0.2) is 15.5 Å². The molecule has 0 aliphatic heterocycles. The van der Waals surface area contributed by atoms with Gasteiger partial charge in [-0.15, -0.1) is 0 Å². The number of aromatic amines is 1. The van der Waals surface area contributed by atoms with Gasteiger partial charge in [0, 0.05) is 12.0 Å². The number of nitrogens with two attached hydrogens (primary N) is 1. The molecular weight excluding hydrogens is 186 g/mol. The highest BCUT2D eigenvalue weighted by atomic mass is 14.9. The number of nitrogens with zero attached hydrogens (tertiary/aromatic N) is 1. The molecule has 1 aromatic carbocycles. The van der Waals surface area contributed by atoms with Crippen LogP contribution in [0.15, 0.2) is 18.2 Å². The predicted octanol–water partition coefficient (Wildman–Crippen LogP) is 2.15. The topological polar surface area (TPSA) is 54.7 Å². The maximum Gasteiger partial charge on any atom is 0.109 e. The Labute approximate surface area is 89.7 Å². The first-order chi connectivity index (χ1) is 6.96. The molecule has 0 amide bonds. The summed E-state index contributed by atoms with van der Waals surface area (Å²) >= 11 is 0. The van der Waals surface area contributed by atoms with Gasteiger partial charge in [-0.1, -0.05) is 12.1 Å². The molecule has 2 rings (SSSR count). The van der Waals surface area contributed by atoms with Gasteiger partial charge in [-0.25, -0.2) is 4.98 Å². The van der Waals surface area contributed by atoms with Crippen LogP contribution in [-0.2, 0) is 6.42 Å². The molecule has 0 bridgehead atoms. The molecule has 0 radical (unpaired) electrons. The van der Waals surface area contributed by atoms with Crippen LogP contribution >= 0.6 is 0 Å². The summed E-state index contributed by atoms with van der Waals surface area (Å²) in [6.45, 7) is 6.08. The maximum atomic E-state index is 5.97. The molecule has 3 nitrogen and oxygen atoms in total. The number of para-hydroxylation sites is 1. The zero-order valence-electron chi connectivity index (χ0n) is 9.46. The molecule has 3 N–H and O–H groups in total. The summed E-state index contributed by atoms with van der Waals surface area (Å²) in [5, 5.41) is 0. The highest BCUT2D eigenvalue weighted by molar-refractivity contribution is 5.78. The molecule has 0 atom stereocenters. The molecule has 3 heteroatoms. The Hall–Kier alpha value is -1.35. The van der Waals surface area contributed by atoms with Gasteiger partial charge in [0.15, 0.2) is 0 Å². The van der Waals surface area contributed by atoms with E-state index in [4.69, 9.17) is 5.73 Å². The number of imidazole rings is 1. The minimum Gasteiger partial charge on any atom is -0.342 e. The van der Waals surface area contributed by atoms with Crippen molar-refractivity contribution in [1.82, 2.24) is 9.97 Å². The van der Waals surface area contributed by atoms with E-state index in [1.54, 1.807) is 0 Å². The number of nitrogens with one attached hydrogen (secondary N) is 1. The summed E-state index contributed by atoms with van der Waals surface area (Å²) in [5.74, 6) is 0.965. The summed E-state index contributed by atoms with van der Waals surface area (Å²) < 4.78 is 0. The van der Waals surface area contributed by atoms with E-state index < -0.39 is 0 Å². The third-order valence-electron chi connectivity index (χ3n) is 2.39. The average molecular weight is 203 g/mol. The fourth-order valence-corrected chi connectivity index (χ4v) is 1.74. The van der Waals surface area contributed by atoms with Gasteiger partial charge in [0.25, 0.3) is 0 Å². The second-order valence-corrected chi connectivity index (χ2v) is 4.82. The van der Waals surface area contributed by atoms with Gasteiger partial charge >= 0.3 is 0 Å². The predicted molar refractivity (Wildman–Crippen MR) is 62.8 cm³/mol. The molecular formula is C12H17N3. The number of H-pyrrole nitrogens is 1. The largest absolute Gasteiger partial charge is 0.342 e. The van der Waals surface area contributed by atoms with E-state index in [0.29, 0.717) is 0 Å². The molecule has 0 aliphatic carbocycles. The highest BCUT2D eigenvalue weighted by Gasteiger charge is 2.14. The van der Waals surface area contributed by atoms with E-state index in [9.17, 15) is 0 Å². The molecule has 0 saturated carbocycles. The minimum absolute atomic E-state index is 0.220. The molecule has 15 heavy (non-hydrogen) atoms. The van der Waals surface area contributed by atoms with Crippen molar-refractivity contribution in [3.63, 3.8) is 0 Å². The number of hydrogen-bond donors (Lipinski definition) is 2. The minimum atomic E-state index is -0.220. The Morgan fingerprint density at radius 1 is 1.40 bits per heavy atom. The van der Waals surface area contributed by atoms with E-state index in [-0.39, 0.29) is 5.54 Å². The highest BCUT2D eigenvalue weighted by Crippen LogP contribution is 2.17. The molecule has 0 saturated heterocycles. The van der Waals surface area contributed by atoms with Crippen LogP contribution in [0, 0.1) is 6.92 Å². The molecule has 0 aliphatic rings. The van der Waals surface area contributed by atoms with Gasteiger partial charge in [0.05, 0.1) is 11.0 Å². The summed E-state index contributed by atoms with van der Waals surface area (Å²) in [6.07, 6.45) is 0.765. The monoisotopic (exact) mass is 203 g/mol. The third kappa shape index (κ3) is 2.18. The lowest BCUT2D eigenvalue weighted by atomic mass is 10.0. The normalized spacial score (nSPS) is 12.3. The Morgan fingerprint density at radius 2 is 2.13 bits per heavy atom. The summed E-state index contributed by atoms with van der Waals surface area (Å²) in [4.78, 5) is 7.86. The molecule has 0 unspecified atom stereocenters. The van der Waals surface area contributed by atoms with Gasteiger partial charge in [-0.3, -0.25) is 0 Å². The lowest BCUT2D eigenvalue weighted by Gasteiger charge is -2.15. The Bertz CT molecular complexity index is 477. The third-order valence-corrected chi connectivity index (χ3v) is 2.39. The van der Waals surface area contributed by atoms with Crippen LogP contribution in [0.1, 0.15) is 25.2 Å². The number of fused-ring (bicyclic) bond motifs is 1. The van der Waals surface area contributed by atoms with Crippen molar-refractivity contribution in [1.29, 1.82) is 0 Å². The van der Waals surface area contributed by atoms with Crippen molar-refractivity contribution in [2.75, 3.05) is 0 Å². The Morgan fingerprint density at radius 3 is 2.73 bits per heavy atom. The van der Waals surface area contributed by atoms with Crippen molar-refractivity contribution in [2.45, 2.75) is 32.7 Å². The smallest absolute Gasteiger partial charge is 0.109 e. The second kappa shape index (κ2) is 3.35. The van der Waals surface area contributed by atoms with Crippen molar-refractivity contribution >= 4 is 11.0 Å². The van der Waals surface area contributed by atoms with Gasteiger partial charge in [0.1, 0.15) is 5.82 Å². The number of hydrogen-bond acceptors (Lipinski definition) is 2. The van der Waals surface area contributed by atoms with E-state index in [2.05, 4.69) is 23.0 Å². The maximum absolute atomic E-state index is 5.97. The SMILES string of the molecule is Cc1cccc2[nH]c(CC(C)(C)N)nc12. The van der Waals surface area contributed by atoms with Crippen LogP contribution < -0.4 is 5.73 Å². The van der Waals surface area contributed by atoms with E-state index in [1.807, 2.05) is 26.0 Å². The Balaban J connectivity index is 2.44. The zero-order chi connectivity index (χ0) is 11.1. The lowest BCUT2D eigenvalue weighted by molar-refractivity contribution is 0.505. The first-order valence-corrected chi connectivity index (χ1v) is 5.19. The quantitative estimate of drug-likeness (QED) is 0.785. The molecule has 1 heterocycles. The van der Waals surface area contributed by atoms with Crippen molar-refractivity contribution in [3.8, 4) is 0 Å². The molecule has 0 fully saturated rings. The van der Waals surface area contributed by atoms with Crippen LogP contribution in [0.2, 0.25) is 0 Å². The Kier molecular flexibility index (Phi) is 2.27. The van der Waals surface area contributed by atoms with Crippen molar-refractivity contribution < 1.29 is 0 Å². The molecule has 1 aromatic heterocycles. The molecule has 2 aromatic rings. The first-order valence-electron chi connectivity index (χ1n) is 5.19. The van der Waals surface area contributed by atoms with Crippen LogP contribution in [0.25, 0.3) is 11.0 Å².